The molecule has 6 heteroatoms. The van der Waals surface area contributed by atoms with Crippen LogP contribution in [0.5, 0.6) is 23.0 Å². The van der Waals surface area contributed by atoms with E-state index in [0.717, 1.165) is 62.0 Å². The summed E-state index contributed by atoms with van der Waals surface area (Å²) in [6, 6.07) is 56.4. The molecule has 0 spiro atoms. The second-order valence-electron chi connectivity index (χ2n) is 15.6. The zero-order valence-corrected chi connectivity index (χ0v) is 33.5. The first-order valence-electron chi connectivity index (χ1n) is 20.3. The molecule has 0 unspecified atom stereocenters. The zero-order valence-electron chi connectivity index (χ0n) is 33.7. The summed E-state index contributed by atoms with van der Waals surface area (Å²) >= 11 is 1.82. The number of fused-ring (bicyclic) bond motifs is 8. The molecule has 1 aromatic heterocycles. The normalized spacial score (nSPS) is 12.6. The zero-order chi connectivity index (χ0) is 39.9. The van der Waals surface area contributed by atoms with E-state index >= 15 is 0 Å². The van der Waals surface area contributed by atoms with Gasteiger partial charge >= 0.3 is 0 Å². The Bertz CT molecular complexity index is 3000. The van der Waals surface area contributed by atoms with E-state index in [1.165, 1.54) is 42.4 Å². The topological polar surface area (TPSA) is 24.9 Å². The van der Waals surface area contributed by atoms with Crippen LogP contribution in [0.25, 0.3) is 20.2 Å². The van der Waals surface area contributed by atoms with Crippen LogP contribution in [0.3, 0.4) is 0 Å². The summed E-state index contributed by atoms with van der Waals surface area (Å²) in [4.78, 5) is 4.64. The smallest absolute Gasteiger partial charge is 0.261 e. The average molecular weight is 768 g/mol. The number of ether oxygens (including phenoxy) is 2. The van der Waals surface area contributed by atoms with Gasteiger partial charge in [-0.3, -0.25) is 0 Å². The molecule has 0 fully saturated rings. The second-order valence-corrected chi connectivity index (χ2v) is 16.6. The lowest BCUT2D eigenvalue weighted by molar-refractivity contribution is 0.465. The van der Waals surface area contributed by atoms with Gasteiger partial charge in [0.05, 0.1) is 11.8 Å². The monoisotopic (exact) mass is 767 g/mol. The van der Waals surface area contributed by atoms with Crippen LogP contribution in [-0.2, 0) is 0 Å². The Labute approximate surface area is 344 Å². The van der Waals surface area contributed by atoms with Crippen LogP contribution in [0.2, 0.25) is 0 Å². The first-order valence-corrected chi connectivity index (χ1v) is 20.6. The van der Waals surface area contributed by atoms with E-state index in [1.54, 1.807) is 0 Å². The Morgan fingerprint density at radius 1 is 0.483 bits per heavy atom. The van der Waals surface area contributed by atoms with Gasteiger partial charge < -0.3 is 19.3 Å². The fourth-order valence-electron chi connectivity index (χ4n) is 8.68. The van der Waals surface area contributed by atoms with Crippen molar-refractivity contribution in [1.82, 2.24) is 0 Å². The SMILES string of the molecule is [2H]c1cc2c3c(c1)Oc1cc(N(c4ccc(C)cc4)c4ccc(C)cc4)c4sc5ccccc5c4c1B3c1ccc(N(c3ccc(C)cc3)c3ccc(C)cc3)cc1O2. The average Bonchev–Trinajstić information content (AvgIpc) is 3.63. The van der Waals surface area contributed by atoms with E-state index < -0.39 is 0 Å². The van der Waals surface area contributed by atoms with E-state index in [0.29, 0.717) is 17.5 Å². The van der Waals surface area contributed by atoms with Crippen molar-refractivity contribution in [1.29, 1.82) is 0 Å². The Kier molecular flexibility index (Phi) is 7.73. The van der Waals surface area contributed by atoms with Crippen LogP contribution >= 0.6 is 11.3 Å². The van der Waals surface area contributed by atoms with Gasteiger partial charge in [0.1, 0.15) is 23.0 Å². The van der Waals surface area contributed by atoms with Crippen molar-refractivity contribution in [3.8, 4) is 23.0 Å². The maximum absolute atomic E-state index is 8.92. The maximum Gasteiger partial charge on any atom is 0.261 e. The molecule has 8 aromatic carbocycles. The number of anilines is 6. The lowest BCUT2D eigenvalue weighted by Crippen LogP contribution is -2.57. The fourth-order valence-corrected chi connectivity index (χ4v) is 9.90. The van der Waals surface area contributed by atoms with Gasteiger partial charge in [-0.05, 0) is 111 Å². The third-order valence-electron chi connectivity index (χ3n) is 11.6. The molecule has 9 aromatic rings. The Morgan fingerprint density at radius 3 is 1.55 bits per heavy atom. The highest BCUT2D eigenvalue weighted by Gasteiger charge is 2.43. The number of hydrogen-bond donors (Lipinski definition) is 0. The molecule has 0 saturated heterocycles. The molecule has 0 N–H and O–H groups in total. The fraction of sp³-hybridized carbons (Fsp3) is 0.0769. The Balaban J connectivity index is 1.16. The molecule has 3 heterocycles. The lowest BCUT2D eigenvalue weighted by Gasteiger charge is -2.35. The van der Waals surface area contributed by atoms with Crippen LogP contribution < -0.4 is 35.7 Å². The molecule has 0 amide bonds. The summed E-state index contributed by atoms with van der Waals surface area (Å²) in [5.41, 5.74) is 14.3. The molecule has 278 valence electrons. The van der Waals surface area contributed by atoms with E-state index in [1.807, 2.05) is 23.5 Å². The van der Waals surface area contributed by atoms with E-state index in [9.17, 15) is 0 Å². The highest BCUT2D eigenvalue weighted by Crippen LogP contribution is 2.49. The molecule has 2 aliphatic rings. The standard InChI is InChI=1S/C52H39BN2O2S/c1-32-12-20-36(21-13-32)54(37-22-14-33(2)15-23-37)40-28-29-42-46(30-40)56-44-9-7-10-45-50(44)53(42)51-47(57-45)31-43(52-49(51)41-8-5-6-11-48(41)58-52)55(38-24-16-34(3)17-25-38)39-26-18-35(4)19-27-39/h5-31H,1-4H3/i7D. The van der Waals surface area contributed by atoms with Crippen molar-refractivity contribution >= 4 is 88.7 Å². The highest BCUT2D eigenvalue weighted by molar-refractivity contribution is 7.27. The van der Waals surface area contributed by atoms with E-state index in [4.69, 9.17) is 10.8 Å². The predicted octanol–water partition coefficient (Wildman–Crippen LogP) is 13.0. The molecule has 0 aliphatic carbocycles. The van der Waals surface area contributed by atoms with Gasteiger partial charge in [-0.1, -0.05) is 101 Å². The molecule has 4 nitrogen and oxygen atoms in total. The summed E-state index contributed by atoms with van der Waals surface area (Å²) < 4.78 is 25.2. The molecule has 11 rings (SSSR count). The molecular formula is C52H39BN2O2S. The van der Waals surface area contributed by atoms with Crippen molar-refractivity contribution in [3.05, 3.63) is 186 Å². The Morgan fingerprint density at radius 2 is 0.983 bits per heavy atom. The predicted molar refractivity (Wildman–Crippen MR) is 245 cm³/mol. The first kappa shape index (κ1) is 33.4. The number of thiophene rings is 1. The van der Waals surface area contributed by atoms with Crippen LogP contribution in [0.4, 0.5) is 34.1 Å². The van der Waals surface area contributed by atoms with Gasteiger partial charge in [0.15, 0.2) is 0 Å². The summed E-state index contributed by atoms with van der Waals surface area (Å²) in [5.74, 6) is 2.86. The number of hydrogen-bond acceptors (Lipinski definition) is 5. The van der Waals surface area contributed by atoms with Gasteiger partial charge in [0.25, 0.3) is 6.71 Å². The number of rotatable bonds is 6. The summed E-state index contributed by atoms with van der Waals surface area (Å²) in [7, 11) is 0. The van der Waals surface area contributed by atoms with Gasteiger partial charge in [0.2, 0.25) is 0 Å². The van der Waals surface area contributed by atoms with Crippen LogP contribution in [0.1, 0.15) is 23.6 Å². The van der Waals surface area contributed by atoms with Crippen molar-refractivity contribution in [2.24, 2.45) is 0 Å². The number of benzene rings is 8. The number of nitrogens with zero attached hydrogens (tertiary/aromatic N) is 2. The van der Waals surface area contributed by atoms with Crippen molar-refractivity contribution in [2.45, 2.75) is 27.7 Å². The van der Waals surface area contributed by atoms with Crippen LogP contribution in [0.15, 0.2) is 164 Å². The Hall–Kier alpha value is -6.76. The molecule has 58 heavy (non-hydrogen) atoms. The molecule has 0 radical (unpaired) electrons. The van der Waals surface area contributed by atoms with Gasteiger partial charge in [-0.25, -0.2) is 0 Å². The highest BCUT2D eigenvalue weighted by atomic mass is 32.1. The first-order chi connectivity index (χ1) is 28.8. The molecule has 0 bridgehead atoms. The molecular weight excluding hydrogens is 727 g/mol. The van der Waals surface area contributed by atoms with Crippen molar-refractivity contribution in [3.63, 3.8) is 0 Å². The van der Waals surface area contributed by atoms with Crippen LogP contribution in [0, 0.1) is 27.7 Å². The third-order valence-corrected chi connectivity index (χ3v) is 12.8. The van der Waals surface area contributed by atoms with E-state index in [-0.39, 0.29) is 6.71 Å². The minimum atomic E-state index is -0.198. The summed E-state index contributed by atoms with van der Waals surface area (Å²) in [6.07, 6.45) is 0. The lowest BCUT2D eigenvalue weighted by atomic mass is 9.34. The third kappa shape index (κ3) is 5.59. The maximum atomic E-state index is 8.92. The van der Waals surface area contributed by atoms with Gasteiger partial charge in [0, 0.05) is 61.5 Å². The number of aryl methyl sites for hydroxylation is 4. The van der Waals surface area contributed by atoms with E-state index in [2.05, 4.69) is 183 Å². The van der Waals surface area contributed by atoms with Crippen LogP contribution in [-0.4, -0.2) is 6.71 Å². The summed E-state index contributed by atoms with van der Waals surface area (Å²) in [5, 5.41) is 2.37. The van der Waals surface area contributed by atoms with Gasteiger partial charge in [-0.15, -0.1) is 11.3 Å². The molecule has 0 saturated carbocycles. The minimum absolute atomic E-state index is 0.198. The van der Waals surface area contributed by atoms with Gasteiger partial charge in [-0.2, -0.15) is 0 Å². The second kappa shape index (κ2) is 13.4. The summed E-state index contributed by atoms with van der Waals surface area (Å²) in [6.45, 7) is 8.28. The largest absolute Gasteiger partial charge is 0.458 e. The van der Waals surface area contributed by atoms with Crippen molar-refractivity contribution < 1.29 is 10.8 Å². The molecule has 0 atom stereocenters. The minimum Gasteiger partial charge on any atom is -0.458 e. The van der Waals surface area contributed by atoms with Crippen molar-refractivity contribution in [2.75, 3.05) is 9.80 Å². The molecule has 2 aliphatic heterocycles. The quantitative estimate of drug-likeness (QED) is 0.157.